The molecule has 1 aromatic rings. The Morgan fingerprint density at radius 1 is 1.47 bits per heavy atom. The first-order valence-corrected chi connectivity index (χ1v) is 5.33. The van der Waals surface area contributed by atoms with Crippen molar-refractivity contribution in [2.75, 3.05) is 0 Å². The van der Waals surface area contributed by atoms with Crippen LogP contribution in [0.5, 0.6) is 0 Å². The van der Waals surface area contributed by atoms with Gasteiger partial charge in [0, 0.05) is 6.04 Å². The van der Waals surface area contributed by atoms with E-state index in [1.807, 2.05) is 6.08 Å². The number of hydrazine groups is 1. The number of benzene rings is 1. The summed E-state index contributed by atoms with van der Waals surface area (Å²) in [6.45, 7) is 7.96. The van der Waals surface area contributed by atoms with Gasteiger partial charge in [0.25, 0.3) is 0 Å². The Bertz CT molecular complexity index is 331. The SMILES string of the molecule is C=CCCC(NN)c1ccc(C)cc1C. The van der Waals surface area contributed by atoms with E-state index in [2.05, 4.69) is 44.1 Å². The molecule has 0 bridgehead atoms. The van der Waals surface area contributed by atoms with Crippen molar-refractivity contribution in [2.45, 2.75) is 32.7 Å². The zero-order valence-corrected chi connectivity index (χ0v) is 9.59. The molecule has 82 valence electrons. The van der Waals surface area contributed by atoms with E-state index >= 15 is 0 Å². The predicted octanol–water partition coefficient (Wildman–Crippen LogP) is 2.77. The third-order valence-electron chi connectivity index (χ3n) is 2.66. The Kier molecular flexibility index (Phi) is 4.53. The van der Waals surface area contributed by atoms with Crippen molar-refractivity contribution in [3.05, 3.63) is 47.5 Å². The molecule has 0 aromatic heterocycles. The quantitative estimate of drug-likeness (QED) is 0.440. The van der Waals surface area contributed by atoms with Gasteiger partial charge in [-0.2, -0.15) is 0 Å². The lowest BCUT2D eigenvalue weighted by Crippen LogP contribution is -2.28. The monoisotopic (exact) mass is 204 g/mol. The summed E-state index contributed by atoms with van der Waals surface area (Å²) in [4.78, 5) is 0. The largest absolute Gasteiger partial charge is 0.271 e. The Balaban J connectivity index is 2.86. The molecular formula is C13H20N2. The summed E-state index contributed by atoms with van der Waals surface area (Å²) in [6.07, 6.45) is 3.89. The van der Waals surface area contributed by atoms with Crippen molar-refractivity contribution in [2.24, 2.45) is 5.84 Å². The first-order valence-electron chi connectivity index (χ1n) is 5.33. The Hall–Kier alpha value is -1.12. The maximum Gasteiger partial charge on any atom is 0.0465 e. The summed E-state index contributed by atoms with van der Waals surface area (Å²) in [6, 6.07) is 6.69. The van der Waals surface area contributed by atoms with Crippen LogP contribution in [0.25, 0.3) is 0 Å². The molecule has 0 saturated heterocycles. The number of nitrogens with two attached hydrogens (primary N) is 1. The minimum absolute atomic E-state index is 0.226. The molecule has 1 rings (SSSR count). The molecule has 2 heteroatoms. The van der Waals surface area contributed by atoms with Gasteiger partial charge in [0.05, 0.1) is 0 Å². The molecule has 0 fully saturated rings. The van der Waals surface area contributed by atoms with Gasteiger partial charge in [0.15, 0.2) is 0 Å². The third-order valence-corrected chi connectivity index (χ3v) is 2.66. The minimum Gasteiger partial charge on any atom is -0.271 e. The molecule has 0 spiro atoms. The molecule has 1 atom stereocenters. The molecule has 0 saturated carbocycles. The lowest BCUT2D eigenvalue weighted by molar-refractivity contribution is 0.518. The molecule has 1 aromatic carbocycles. The second-order valence-corrected chi connectivity index (χ2v) is 3.95. The van der Waals surface area contributed by atoms with E-state index in [0.717, 1.165) is 12.8 Å². The number of hydrogen-bond donors (Lipinski definition) is 2. The van der Waals surface area contributed by atoms with Gasteiger partial charge in [-0.25, -0.2) is 0 Å². The van der Waals surface area contributed by atoms with Crippen molar-refractivity contribution in [1.29, 1.82) is 0 Å². The molecule has 1 unspecified atom stereocenters. The van der Waals surface area contributed by atoms with E-state index in [9.17, 15) is 0 Å². The maximum atomic E-state index is 5.57. The van der Waals surface area contributed by atoms with E-state index < -0.39 is 0 Å². The van der Waals surface area contributed by atoms with E-state index in [1.54, 1.807) is 0 Å². The summed E-state index contributed by atoms with van der Waals surface area (Å²) >= 11 is 0. The number of aryl methyl sites for hydroxylation is 2. The van der Waals surface area contributed by atoms with Crippen molar-refractivity contribution in [1.82, 2.24) is 5.43 Å². The van der Waals surface area contributed by atoms with Crippen LogP contribution in [0.3, 0.4) is 0 Å². The van der Waals surface area contributed by atoms with E-state index in [1.165, 1.54) is 16.7 Å². The van der Waals surface area contributed by atoms with Crippen LogP contribution in [0.2, 0.25) is 0 Å². The molecule has 0 amide bonds. The smallest absolute Gasteiger partial charge is 0.0465 e. The topological polar surface area (TPSA) is 38.0 Å². The van der Waals surface area contributed by atoms with Crippen LogP contribution < -0.4 is 11.3 Å². The molecular weight excluding hydrogens is 184 g/mol. The van der Waals surface area contributed by atoms with Crippen LogP contribution in [-0.2, 0) is 0 Å². The van der Waals surface area contributed by atoms with E-state index in [0.29, 0.717) is 0 Å². The molecule has 15 heavy (non-hydrogen) atoms. The second kappa shape index (κ2) is 5.69. The maximum absolute atomic E-state index is 5.57. The van der Waals surface area contributed by atoms with Crippen molar-refractivity contribution in [3.8, 4) is 0 Å². The Morgan fingerprint density at radius 3 is 2.73 bits per heavy atom. The fourth-order valence-corrected chi connectivity index (χ4v) is 1.83. The zero-order valence-electron chi connectivity index (χ0n) is 9.59. The van der Waals surface area contributed by atoms with Crippen molar-refractivity contribution >= 4 is 0 Å². The van der Waals surface area contributed by atoms with Crippen LogP contribution >= 0.6 is 0 Å². The first kappa shape index (κ1) is 12.0. The van der Waals surface area contributed by atoms with Gasteiger partial charge in [0.1, 0.15) is 0 Å². The number of nitrogens with one attached hydrogen (secondary N) is 1. The van der Waals surface area contributed by atoms with Gasteiger partial charge in [-0.1, -0.05) is 29.8 Å². The van der Waals surface area contributed by atoms with Crippen LogP contribution in [0, 0.1) is 13.8 Å². The highest BCUT2D eigenvalue weighted by atomic mass is 15.2. The van der Waals surface area contributed by atoms with Crippen LogP contribution in [0.4, 0.5) is 0 Å². The Labute approximate surface area is 92.2 Å². The number of allylic oxidation sites excluding steroid dienone is 1. The highest BCUT2D eigenvalue weighted by molar-refractivity contribution is 5.32. The molecule has 2 nitrogen and oxygen atoms in total. The lowest BCUT2D eigenvalue weighted by Gasteiger charge is -2.18. The molecule has 3 N–H and O–H groups in total. The van der Waals surface area contributed by atoms with Gasteiger partial charge >= 0.3 is 0 Å². The van der Waals surface area contributed by atoms with Crippen LogP contribution in [0.1, 0.15) is 35.6 Å². The van der Waals surface area contributed by atoms with Crippen molar-refractivity contribution < 1.29 is 0 Å². The fraction of sp³-hybridized carbons (Fsp3) is 0.385. The zero-order chi connectivity index (χ0) is 11.3. The highest BCUT2D eigenvalue weighted by Gasteiger charge is 2.10. The van der Waals surface area contributed by atoms with Gasteiger partial charge < -0.3 is 0 Å². The average Bonchev–Trinajstić information content (AvgIpc) is 2.21. The van der Waals surface area contributed by atoms with Crippen molar-refractivity contribution in [3.63, 3.8) is 0 Å². The third kappa shape index (κ3) is 3.18. The van der Waals surface area contributed by atoms with Gasteiger partial charge in [-0.3, -0.25) is 11.3 Å². The number of hydrogen-bond acceptors (Lipinski definition) is 2. The van der Waals surface area contributed by atoms with Gasteiger partial charge in [-0.15, -0.1) is 6.58 Å². The summed E-state index contributed by atoms with van der Waals surface area (Å²) in [5.41, 5.74) is 6.73. The molecule has 0 aliphatic carbocycles. The molecule has 0 aliphatic rings. The molecule has 0 radical (unpaired) electrons. The Morgan fingerprint density at radius 2 is 2.20 bits per heavy atom. The van der Waals surface area contributed by atoms with Crippen LogP contribution in [0.15, 0.2) is 30.9 Å². The normalized spacial score (nSPS) is 12.5. The summed E-state index contributed by atoms with van der Waals surface area (Å²) in [5, 5.41) is 0. The van der Waals surface area contributed by atoms with E-state index in [-0.39, 0.29) is 6.04 Å². The highest BCUT2D eigenvalue weighted by Crippen LogP contribution is 2.22. The molecule has 0 heterocycles. The van der Waals surface area contributed by atoms with Gasteiger partial charge in [-0.05, 0) is 37.8 Å². The standard InChI is InChI=1S/C13H20N2/c1-4-5-6-13(15-14)12-8-7-10(2)9-11(12)3/h4,7-9,13,15H,1,5-6,14H2,2-3H3. The number of rotatable bonds is 5. The lowest BCUT2D eigenvalue weighted by atomic mass is 9.96. The summed E-state index contributed by atoms with van der Waals surface area (Å²) in [5.74, 6) is 5.57. The van der Waals surface area contributed by atoms with Crippen LogP contribution in [-0.4, -0.2) is 0 Å². The van der Waals surface area contributed by atoms with E-state index in [4.69, 9.17) is 5.84 Å². The predicted molar refractivity (Wildman–Crippen MR) is 65.4 cm³/mol. The second-order valence-electron chi connectivity index (χ2n) is 3.95. The first-order chi connectivity index (χ1) is 7.19. The fourth-order valence-electron chi connectivity index (χ4n) is 1.83. The van der Waals surface area contributed by atoms with Gasteiger partial charge in [0.2, 0.25) is 0 Å². The average molecular weight is 204 g/mol. The summed E-state index contributed by atoms with van der Waals surface area (Å²) in [7, 11) is 0. The molecule has 0 aliphatic heterocycles. The minimum atomic E-state index is 0.226. The summed E-state index contributed by atoms with van der Waals surface area (Å²) < 4.78 is 0.